The van der Waals surface area contributed by atoms with E-state index in [1.165, 1.54) is 27.1 Å². The Bertz CT molecular complexity index is 1130. The van der Waals surface area contributed by atoms with Crippen molar-refractivity contribution in [2.75, 3.05) is 24.5 Å². The number of hydrogen-bond acceptors (Lipinski definition) is 6. The third-order valence-corrected chi connectivity index (χ3v) is 8.68. The fourth-order valence-corrected chi connectivity index (χ4v) is 6.86. The number of piperidine rings is 1. The maximum Gasteiger partial charge on any atom is 0.216 e. The average Bonchev–Trinajstić information content (AvgIpc) is 3.38. The van der Waals surface area contributed by atoms with Crippen molar-refractivity contribution >= 4 is 56.6 Å². The second-order valence-electron chi connectivity index (χ2n) is 8.63. The van der Waals surface area contributed by atoms with Crippen molar-refractivity contribution in [3.63, 3.8) is 0 Å². The summed E-state index contributed by atoms with van der Waals surface area (Å²) in [5.74, 6) is 3.22. The Labute approximate surface area is 202 Å². The third-order valence-electron chi connectivity index (χ3n) is 6.23. The Morgan fingerprint density at radius 1 is 1.25 bits per heavy atom. The van der Waals surface area contributed by atoms with E-state index in [1.807, 2.05) is 35.6 Å². The molecule has 1 aliphatic carbocycles. The monoisotopic (exact) mass is 486 g/mol. The van der Waals surface area contributed by atoms with Crippen LogP contribution >= 0.6 is 34.7 Å². The number of fused-ring (bicyclic) bond motifs is 3. The molecule has 8 heteroatoms. The lowest BCUT2D eigenvalue weighted by Crippen LogP contribution is -2.41. The highest BCUT2D eigenvalue weighted by Crippen LogP contribution is 2.41. The summed E-state index contributed by atoms with van der Waals surface area (Å²) in [6.45, 7) is 4.27. The molecule has 1 fully saturated rings. The van der Waals surface area contributed by atoms with Crippen molar-refractivity contribution in [2.24, 2.45) is 5.92 Å². The Balaban J connectivity index is 1.44. The smallest absolute Gasteiger partial charge is 0.216 e. The molecule has 0 spiro atoms. The Hall–Kier alpha value is -1.83. The SMILES string of the molecule is CC(=O)NCC1CCCN(c2nc(CSc3ccc(Cl)cc3)nc3sc4c(c23)CCC4)C1. The van der Waals surface area contributed by atoms with Gasteiger partial charge in [-0.25, -0.2) is 9.97 Å². The first-order valence-corrected chi connectivity index (χ1v) is 13.4. The number of amides is 1. The van der Waals surface area contributed by atoms with Crippen molar-refractivity contribution in [3.8, 4) is 0 Å². The minimum Gasteiger partial charge on any atom is -0.356 e. The molecular weight excluding hydrogens is 460 g/mol. The molecule has 1 amide bonds. The Morgan fingerprint density at radius 3 is 2.91 bits per heavy atom. The number of carbonyl (C=O) groups is 1. The number of halogens is 1. The predicted octanol–water partition coefficient (Wildman–Crippen LogP) is 5.48. The van der Waals surface area contributed by atoms with Gasteiger partial charge in [0.2, 0.25) is 5.91 Å². The number of carbonyl (C=O) groups excluding carboxylic acids is 1. The fraction of sp³-hybridized carbons (Fsp3) is 0.458. The first-order valence-electron chi connectivity index (χ1n) is 11.3. The number of thioether (sulfide) groups is 1. The number of nitrogens with zero attached hydrogens (tertiary/aromatic N) is 3. The summed E-state index contributed by atoms with van der Waals surface area (Å²) in [5.41, 5.74) is 1.47. The molecule has 5 rings (SSSR count). The van der Waals surface area contributed by atoms with Crippen LogP contribution in [0, 0.1) is 5.92 Å². The van der Waals surface area contributed by atoms with Crippen LogP contribution in [0.1, 0.15) is 42.5 Å². The van der Waals surface area contributed by atoms with Crippen molar-refractivity contribution in [1.82, 2.24) is 15.3 Å². The largest absolute Gasteiger partial charge is 0.356 e. The van der Waals surface area contributed by atoms with E-state index in [9.17, 15) is 4.79 Å². The molecule has 2 aromatic heterocycles. The van der Waals surface area contributed by atoms with E-state index in [1.54, 1.807) is 18.7 Å². The second kappa shape index (κ2) is 9.57. The van der Waals surface area contributed by atoms with Crippen LogP contribution in [-0.4, -0.2) is 35.5 Å². The summed E-state index contributed by atoms with van der Waals surface area (Å²) < 4.78 is 0. The lowest BCUT2D eigenvalue weighted by molar-refractivity contribution is -0.119. The van der Waals surface area contributed by atoms with Gasteiger partial charge in [0.05, 0.1) is 11.1 Å². The van der Waals surface area contributed by atoms with Crippen LogP contribution in [0.4, 0.5) is 5.82 Å². The zero-order valence-corrected chi connectivity index (χ0v) is 20.6. The molecule has 1 atom stereocenters. The minimum absolute atomic E-state index is 0.0451. The molecule has 5 nitrogen and oxygen atoms in total. The van der Waals surface area contributed by atoms with Gasteiger partial charge >= 0.3 is 0 Å². The standard InChI is InChI=1S/C24H27ClN4OS2/c1-15(30)26-12-16-4-3-11-29(13-16)23-22-19-5-2-6-20(19)32-24(22)28-21(27-23)14-31-18-9-7-17(25)8-10-18/h7-10,16H,2-6,11-14H2,1H3,(H,26,30). The van der Waals surface area contributed by atoms with Gasteiger partial charge in [0.15, 0.2) is 0 Å². The normalized spacial score (nSPS) is 18.2. The lowest BCUT2D eigenvalue weighted by atomic mass is 9.97. The van der Waals surface area contributed by atoms with Crippen molar-refractivity contribution in [3.05, 3.63) is 45.6 Å². The predicted molar refractivity (Wildman–Crippen MR) is 134 cm³/mol. The number of thiophene rings is 1. The molecule has 0 saturated carbocycles. The number of aryl methyl sites for hydroxylation is 2. The van der Waals surface area contributed by atoms with Gasteiger partial charge in [0.1, 0.15) is 16.5 Å². The number of rotatable bonds is 6. The first-order chi connectivity index (χ1) is 15.6. The molecule has 3 heterocycles. The van der Waals surface area contributed by atoms with Gasteiger partial charge in [-0.2, -0.15) is 0 Å². The summed E-state index contributed by atoms with van der Waals surface area (Å²) in [6.07, 6.45) is 5.79. The molecule has 0 bridgehead atoms. The quantitative estimate of drug-likeness (QED) is 0.467. The van der Waals surface area contributed by atoms with Crippen LogP contribution in [0.2, 0.25) is 5.02 Å². The second-order valence-corrected chi connectivity index (χ2v) is 11.2. The maximum absolute atomic E-state index is 11.4. The maximum atomic E-state index is 11.4. The molecule has 1 saturated heterocycles. The number of benzene rings is 1. The molecule has 2 aliphatic rings. The number of anilines is 1. The summed E-state index contributed by atoms with van der Waals surface area (Å²) in [4.78, 5) is 27.8. The van der Waals surface area contributed by atoms with E-state index in [0.717, 1.165) is 72.6 Å². The van der Waals surface area contributed by atoms with E-state index < -0.39 is 0 Å². The average molecular weight is 487 g/mol. The summed E-state index contributed by atoms with van der Waals surface area (Å²) in [6, 6.07) is 7.94. The fourth-order valence-electron chi connectivity index (χ4n) is 4.70. The van der Waals surface area contributed by atoms with Crippen LogP contribution in [0.25, 0.3) is 10.2 Å². The Kier molecular flexibility index (Phi) is 6.58. The number of nitrogens with one attached hydrogen (secondary N) is 1. The summed E-state index contributed by atoms with van der Waals surface area (Å²) >= 11 is 9.63. The molecule has 1 N–H and O–H groups in total. The van der Waals surface area contributed by atoms with Crippen LogP contribution in [-0.2, 0) is 23.4 Å². The summed E-state index contributed by atoms with van der Waals surface area (Å²) in [5, 5.41) is 5.04. The molecule has 32 heavy (non-hydrogen) atoms. The van der Waals surface area contributed by atoms with Gasteiger partial charge in [-0.3, -0.25) is 4.79 Å². The van der Waals surface area contributed by atoms with Crippen LogP contribution in [0.15, 0.2) is 29.2 Å². The molecule has 1 aromatic carbocycles. The van der Waals surface area contributed by atoms with E-state index in [0.29, 0.717) is 5.92 Å². The minimum atomic E-state index is 0.0451. The molecule has 0 radical (unpaired) electrons. The number of hydrogen-bond donors (Lipinski definition) is 1. The molecular formula is C24H27ClN4OS2. The highest BCUT2D eigenvalue weighted by molar-refractivity contribution is 7.98. The van der Waals surface area contributed by atoms with Crippen LogP contribution in [0.5, 0.6) is 0 Å². The molecule has 1 aliphatic heterocycles. The first kappa shape index (κ1) is 22.0. The highest BCUT2D eigenvalue weighted by Gasteiger charge is 2.28. The molecule has 1 unspecified atom stereocenters. The van der Waals surface area contributed by atoms with Gasteiger partial charge in [-0.1, -0.05) is 11.6 Å². The lowest BCUT2D eigenvalue weighted by Gasteiger charge is -2.34. The Morgan fingerprint density at radius 2 is 2.09 bits per heavy atom. The van der Waals surface area contributed by atoms with Crippen molar-refractivity contribution < 1.29 is 4.79 Å². The number of aromatic nitrogens is 2. The van der Waals surface area contributed by atoms with Gasteiger partial charge in [0, 0.05) is 41.4 Å². The highest BCUT2D eigenvalue weighted by atomic mass is 35.5. The third kappa shape index (κ3) is 4.75. The topological polar surface area (TPSA) is 58.1 Å². The molecule has 3 aromatic rings. The van der Waals surface area contributed by atoms with Crippen LogP contribution < -0.4 is 10.2 Å². The van der Waals surface area contributed by atoms with Gasteiger partial charge in [-0.05, 0) is 67.9 Å². The zero-order valence-electron chi connectivity index (χ0n) is 18.2. The van der Waals surface area contributed by atoms with E-state index in [4.69, 9.17) is 21.6 Å². The van der Waals surface area contributed by atoms with Gasteiger partial charge < -0.3 is 10.2 Å². The van der Waals surface area contributed by atoms with Gasteiger partial charge in [0.25, 0.3) is 0 Å². The zero-order chi connectivity index (χ0) is 22.1. The van der Waals surface area contributed by atoms with E-state index in [-0.39, 0.29) is 5.91 Å². The van der Waals surface area contributed by atoms with Crippen molar-refractivity contribution in [1.29, 1.82) is 0 Å². The summed E-state index contributed by atoms with van der Waals surface area (Å²) in [7, 11) is 0. The van der Waals surface area contributed by atoms with Crippen molar-refractivity contribution in [2.45, 2.75) is 49.7 Å². The van der Waals surface area contributed by atoms with E-state index in [2.05, 4.69) is 10.2 Å². The van der Waals surface area contributed by atoms with E-state index >= 15 is 0 Å². The van der Waals surface area contributed by atoms with Gasteiger partial charge in [-0.15, -0.1) is 23.1 Å². The molecule has 168 valence electrons. The van der Waals surface area contributed by atoms with Crippen LogP contribution in [0.3, 0.4) is 0 Å².